The minimum Gasteiger partial charge on any atom is -0.497 e. The number of aromatic nitrogens is 2. The third-order valence-electron chi connectivity index (χ3n) is 11.0. The van der Waals surface area contributed by atoms with Crippen LogP contribution in [0.3, 0.4) is 0 Å². The number of rotatable bonds is 15. The highest BCUT2D eigenvalue weighted by atomic mass is 32.1. The number of amides is 3. The number of benzene rings is 1. The second-order valence-corrected chi connectivity index (χ2v) is 20.0. The van der Waals surface area contributed by atoms with Crippen molar-refractivity contribution in [3.05, 3.63) is 54.2 Å². The first-order valence-corrected chi connectivity index (χ1v) is 22.7. The maximum Gasteiger partial charge on any atom is 0.408 e. The Labute approximate surface area is 344 Å². The van der Waals surface area contributed by atoms with E-state index in [-0.39, 0.29) is 31.5 Å². The molecule has 1 aromatic carbocycles. The highest BCUT2D eigenvalue weighted by Gasteiger charge is 2.65. The molecular weight excluding hydrogens is 780 g/mol. The van der Waals surface area contributed by atoms with Crippen LogP contribution in [0, 0.1) is 11.3 Å². The Balaban J connectivity index is 1.35. The molecule has 3 amide bonds. The first-order chi connectivity index (χ1) is 27.5. The zero-order chi connectivity index (χ0) is 42.0. The summed E-state index contributed by atoms with van der Waals surface area (Å²) < 4.78 is 31.8. The molecule has 16 heteroatoms. The van der Waals surface area contributed by atoms with E-state index in [0.717, 1.165) is 30.8 Å². The number of anilines is 1. The molecule has 3 aromatic rings. The van der Waals surface area contributed by atoms with Gasteiger partial charge in [0.15, 0.2) is 5.13 Å². The minimum atomic E-state index is -4.05. The van der Waals surface area contributed by atoms with Crippen LogP contribution in [0.4, 0.5) is 9.93 Å². The Morgan fingerprint density at radius 1 is 1.14 bits per heavy atom. The number of carbonyl (C=O) groups is 3. The van der Waals surface area contributed by atoms with Gasteiger partial charge in [-0.25, -0.2) is 14.8 Å². The lowest BCUT2D eigenvalue weighted by atomic mass is 9.85. The molecule has 1 aliphatic heterocycles. The number of likely N-dealkylation sites (tertiary alicyclic amines) is 1. The standard InChI is InChI=1S/C42H57N6O8PS/c1-9-11-18-57(52,53)42(22-26(42)10-2)47-37(49)34-20-29(23-48(34)38(50)36(41(5,6)7)46-40(51)56-27-14-12-13-15-27)55-35-21-32(33-24-58-39(45-33)43-25(3)4)44-31-19-28(54-8)16-17-30(31)35/h10-11,16-19,21,24-27,29,34,36H,2,9,12-15,20,22-23H2,1,3-8H3,(H,43,45)(H,46,51)(H,47,49)(H,52,53)/b18-11-/t26-,29-,34+,36-,42+/m1/s1. The topological polar surface area (TPSA) is 181 Å². The van der Waals surface area contributed by atoms with Crippen molar-refractivity contribution in [2.75, 3.05) is 19.0 Å². The zero-order valence-electron chi connectivity index (χ0n) is 34.4. The maximum absolute atomic E-state index is 14.8. The van der Waals surface area contributed by atoms with E-state index in [1.165, 1.54) is 22.1 Å². The zero-order valence-corrected chi connectivity index (χ0v) is 36.2. The summed E-state index contributed by atoms with van der Waals surface area (Å²) in [5.74, 6) is 0.812. The number of nitrogens with zero attached hydrogens (tertiary/aromatic N) is 3. The van der Waals surface area contributed by atoms with Crippen molar-refractivity contribution in [3.63, 3.8) is 0 Å². The quantitative estimate of drug-likeness (QED) is 0.0865. The second-order valence-electron chi connectivity index (χ2n) is 16.8. The van der Waals surface area contributed by atoms with E-state index in [1.54, 1.807) is 31.4 Å². The van der Waals surface area contributed by atoms with Crippen molar-refractivity contribution in [3.8, 4) is 22.9 Å². The van der Waals surface area contributed by atoms with Gasteiger partial charge in [0, 0.05) is 41.3 Å². The molecule has 0 spiro atoms. The fraction of sp³-hybridized carbons (Fsp3) is 0.548. The highest BCUT2D eigenvalue weighted by Crippen LogP contribution is 2.70. The fourth-order valence-electron chi connectivity index (χ4n) is 7.74. The molecule has 2 saturated carbocycles. The smallest absolute Gasteiger partial charge is 0.408 e. The molecule has 2 aromatic heterocycles. The van der Waals surface area contributed by atoms with Crippen LogP contribution < -0.4 is 25.4 Å². The molecule has 6 rings (SSSR count). The molecule has 4 N–H and O–H groups in total. The van der Waals surface area contributed by atoms with Crippen LogP contribution in [-0.4, -0.2) is 86.9 Å². The monoisotopic (exact) mass is 836 g/mol. The lowest BCUT2D eigenvalue weighted by molar-refractivity contribution is -0.142. The van der Waals surface area contributed by atoms with Crippen molar-refractivity contribution in [2.24, 2.45) is 11.3 Å². The Bertz CT molecular complexity index is 2090. The summed E-state index contributed by atoms with van der Waals surface area (Å²) >= 11 is 1.46. The van der Waals surface area contributed by atoms with Gasteiger partial charge in [-0.2, -0.15) is 0 Å². The second kappa shape index (κ2) is 17.4. The van der Waals surface area contributed by atoms with Gasteiger partial charge in [-0.05, 0) is 75.7 Å². The van der Waals surface area contributed by atoms with E-state index in [1.807, 2.05) is 59.1 Å². The fourth-order valence-corrected chi connectivity index (χ4v) is 10.7. The number of alkyl carbamates (subject to hydrolysis) is 1. The molecule has 6 atom stereocenters. The molecule has 0 bridgehead atoms. The largest absolute Gasteiger partial charge is 0.497 e. The molecular formula is C42H57N6O8PS. The third-order valence-corrected chi connectivity index (χ3v) is 14.1. The van der Waals surface area contributed by atoms with Crippen LogP contribution in [0.15, 0.2) is 54.2 Å². The number of ether oxygens (including phenoxy) is 3. The van der Waals surface area contributed by atoms with E-state index in [4.69, 9.17) is 24.2 Å². The van der Waals surface area contributed by atoms with E-state index < -0.39 is 60.1 Å². The molecule has 1 unspecified atom stereocenters. The SMILES string of the molecule is C=C[C@@H]1C[C@]1(NC(=O)[C@@H]1C[C@@H](Oc2cc(-c3csc(NC(C)C)n3)nc3cc(OC)ccc23)CN1C(=O)[C@@H](NC(=O)OC1CCCC1)C(C)(C)C)P(=O)(O)/C=C\CC. The van der Waals surface area contributed by atoms with Crippen LogP contribution in [0.25, 0.3) is 22.3 Å². The van der Waals surface area contributed by atoms with Crippen LogP contribution in [0.2, 0.25) is 0 Å². The summed E-state index contributed by atoms with van der Waals surface area (Å²) in [6, 6.07) is 5.27. The Hall–Kier alpha value is -4.46. The Morgan fingerprint density at radius 2 is 1.88 bits per heavy atom. The van der Waals surface area contributed by atoms with Gasteiger partial charge in [0.05, 0.1) is 24.9 Å². The van der Waals surface area contributed by atoms with Crippen LogP contribution in [0.5, 0.6) is 11.5 Å². The van der Waals surface area contributed by atoms with Crippen LogP contribution in [-0.2, 0) is 18.9 Å². The number of pyridine rings is 1. The number of allylic oxidation sites excluding steroid dienone is 1. The van der Waals surface area contributed by atoms with Gasteiger partial charge in [0.1, 0.15) is 46.8 Å². The maximum atomic E-state index is 14.8. The number of nitrogens with one attached hydrogen (secondary N) is 3. The van der Waals surface area contributed by atoms with Crippen LogP contribution >= 0.6 is 18.7 Å². The van der Waals surface area contributed by atoms with Gasteiger partial charge in [0.25, 0.3) is 0 Å². The predicted octanol–water partition coefficient (Wildman–Crippen LogP) is 7.83. The molecule has 0 radical (unpaired) electrons. The van der Waals surface area contributed by atoms with Gasteiger partial charge < -0.3 is 40.0 Å². The lowest BCUT2D eigenvalue weighted by Gasteiger charge is -2.35. The summed E-state index contributed by atoms with van der Waals surface area (Å²) in [6.45, 7) is 15.3. The summed E-state index contributed by atoms with van der Waals surface area (Å²) in [4.78, 5) is 64.9. The number of thiazole rings is 1. The van der Waals surface area contributed by atoms with Gasteiger partial charge in [0.2, 0.25) is 19.2 Å². The van der Waals surface area contributed by atoms with Crippen molar-refractivity contribution >= 4 is 52.6 Å². The predicted molar refractivity (Wildman–Crippen MR) is 226 cm³/mol. The number of hydrogen-bond donors (Lipinski definition) is 4. The lowest BCUT2D eigenvalue weighted by Crippen LogP contribution is -2.58. The first kappa shape index (κ1) is 43.1. The number of methoxy groups -OCH3 is 1. The van der Waals surface area contributed by atoms with E-state index in [2.05, 4.69) is 22.5 Å². The van der Waals surface area contributed by atoms with Crippen molar-refractivity contribution in [1.29, 1.82) is 0 Å². The van der Waals surface area contributed by atoms with E-state index in [0.29, 0.717) is 40.2 Å². The third kappa shape index (κ3) is 9.37. The molecule has 314 valence electrons. The summed E-state index contributed by atoms with van der Waals surface area (Å²) in [6.07, 6.45) is 5.87. The average Bonchev–Trinajstić information content (AvgIpc) is 3.57. The normalized spacial score (nSPS) is 23.7. The molecule has 58 heavy (non-hydrogen) atoms. The van der Waals surface area contributed by atoms with E-state index >= 15 is 0 Å². The first-order valence-electron chi connectivity index (χ1n) is 20.1. The molecule has 3 heterocycles. The van der Waals surface area contributed by atoms with E-state index in [9.17, 15) is 23.8 Å². The molecule has 3 aliphatic rings. The summed E-state index contributed by atoms with van der Waals surface area (Å²) in [7, 11) is -2.48. The number of hydrogen-bond acceptors (Lipinski definition) is 11. The Morgan fingerprint density at radius 3 is 2.52 bits per heavy atom. The van der Waals surface area contributed by atoms with Crippen molar-refractivity contribution in [1.82, 2.24) is 25.5 Å². The Kier molecular flexibility index (Phi) is 12.9. The molecule has 3 fully saturated rings. The molecule has 1 saturated heterocycles. The summed E-state index contributed by atoms with van der Waals surface area (Å²) in [5, 5.41) is 10.9. The number of fused-ring (bicyclic) bond motifs is 1. The molecule has 14 nitrogen and oxygen atoms in total. The minimum absolute atomic E-state index is 0.0122. The van der Waals surface area contributed by atoms with Gasteiger partial charge in [-0.1, -0.05) is 39.8 Å². The van der Waals surface area contributed by atoms with Crippen LogP contribution in [0.1, 0.15) is 86.5 Å². The molecule has 2 aliphatic carbocycles. The van der Waals surface area contributed by atoms with Crippen molar-refractivity contribution in [2.45, 2.75) is 122 Å². The van der Waals surface area contributed by atoms with Gasteiger partial charge in [-0.3, -0.25) is 14.2 Å². The van der Waals surface area contributed by atoms with Gasteiger partial charge in [-0.15, -0.1) is 17.9 Å². The average molecular weight is 837 g/mol. The summed E-state index contributed by atoms with van der Waals surface area (Å²) in [5.41, 5.74) is 1.02. The van der Waals surface area contributed by atoms with Gasteiger partial charge >= 0.3 is 6.09 Å². The number of carbonyl (C=O) groups excluding carboxylic acids is 3. The van der Waals surface area contributed by atoms with Crippen molar-refractivity contribution < 1.29 is 38.1 Å². The highest BCUT2D eigenvalue weighted by molar-refractivity contribution is 7.63.